The fraction of sp³-hybridized carbons (Fsp3) is 0.538. The van der Waals surface area contributed by atoms with Gasteiger partial charge in [0.1, 0.15) is 4.90 Å². The van der Waals surface area contributed by atoms with Gasteiger partial charge in [0.2, 0.25) is 10.0 Å². The molecule has 1 aliphatic heterocycles. The van der Waals surface area contributed by atoms with E-state index in [1.807, 2.05) is 0 Å². The lowest BCUT2D eigenvalue weighted by molar-refractivity contribution is -0.137. The molecule has 1 aliphatic rings. The molecular formula is C13H17Cl2NO4S. The Morgan fingerprint density at radius 2 is 2.00 bits per heavy atom. The van der Waals surface area contributed by atoms with Crippen molar-refractivity contribution < 1.29 is 17.9 Å². The first-order chi connectivity index (χ1) is 9.61. The van der Waals surface area contributed by atoms with E-state index in [-0.39, 0.29) is 22.6 Å². The minimum absolute atomic E-state index is 0.00393. The Kier molecular flexibility index (Phi) is 4.87. The van der Waals surface area contributed by atoms with Crippen LogP contribution in [0.2, 0.25) is 10.0 Å². The van der Waals surface area contributed by atoms with Gasteiger partial charge in [0, 0.05) is 11.6 Å². The maximum absolute atomic E-state index is 12.3. The van der Waals surface area contributed by atoms with Crippen LogP contribution >= 0.6 is 23.2 Å². The van der Waals surface area contributed by atoms with E-state index in [0.717, 1.165) is 0 Å². The quantitative estimate of drug-likeness (QED) is 0.903. The minimum Gasteiger partial charge on any atom is -0.348 e. The lowest BCUT2D eigenvalue weighted by Gasteiger charge is -2.17. The summed E-state index contributed by atoms with van der Waals surface area (Å²) in [5.74, 6) is -0.690. The molecule has 1 heterocycles. The Balaban J connectivity index is 2.11. The number of benzene rings is 1. The Bertz CT molecular complexity index is 646. The van der Waals surface area contributed by atoms with E-state index in [4.69, 9.17) is 32.7 Å². The van der Waals surface area contributed by atoms with Crippen LogP contribution in [0, 0.1) is 6.92 Å². The van der Waals surface area contributed by atoms with Crippen molar-refractivity contribution in [3.8, 4) is 0 Å². The zero-order valence-electron chi connectivity index (χ0n) is 11.9. The molecule has 0 aliphatic carbocycles. The molecular weight excluding hydrogens is 337 g/mol. The first-order valence-corrected chi connectivity index (χ1v) is 8.62. The molecule has 1 aromatic carbocycles. The van der Waals surface area contributed by atoms with Gasteiger partial charge >= 0.3 is 0 Å². The second kappa shape index (κ2) is 6.02. The predicted molar refractivity (Wildman–Crippen MR) is 81.3 cm³/mol. The second-order valence-corrected chi connectivity index (χ2v) is 7.88. The predicted octanol–water partition coefficient (Wildman–Crippen LogP) is 2.73. The van der Waals surface area contributed by atoms with Gasteiger partial charge in [-0.05, 0) is 38.5 Å². The number of halogens is 2. The van der Waals surface area contributed by atoms with Crippen molar-refractivity contribution in [2.24, 2.45) is 0 Å². The zero-order chi connectivity index (χ0) is 15.8. The van der Waals surface area contributed by atoms with E-state index in [9.17, 15) is 8.42 Å². The fourth-order valence-corrected chi connectivity index (χ4v) is 3.88. The molecule has 1 unspecified atom stereocenters. The number of sulfonamides is 1. The maximum Gasteiger partial charge on any atom is 0.242 e. The number of rotatable bonds is 4. The summed E-state index contributed by atoms with van der Waals surface area (Å²) in [6, 6.07) is 2.87. The third-order valence-electron chi connectivity index (χ3n) is 3.07. The number of aryl methyl sites for hydroxylation is 1. The molecule has 0 radical (unpaired) electrons. The molecule has 8 heteroatoms. The summed E-state index contributed by atoms with van der Waals surface area (Å²) in [4.78, 5) is 0.00393. The van der Waals surface area contributed by atoms with Crippen molar-refractivity contribution in [3.05, 3.63) is 27.7 Å². The van der Waals surface area contributed by atoms with Crippen molar-refractivity contribution in [3.63, 3.8) is 0 Å². The molecule has 2 rings (SSSR count). The number of ether oxygens (including phenoxy) is 2. The van der Waals surface area contributed by atoms with Crippen LogP contribution in [0.15, 0.2) is 17.0 Å². The first-order valence-electron chi connectivity index (χ1n) is 6.38. The summed E-state index contributed by atoms with van der Waals surface area (Å²) in [5, 5.41) is 0.509. The SMILES string of the molecule is Cc1cc(S(=O)(=O)NCC2COC(C)(C)O2)c(Cl)cc1Cl. The Morgan fingerprint density at radius 1 is 1.33 bits per heavy atom. The normalized spacial score (nSPS) is 21.7. The van der Waals surface area contributed by atoms with Crippen molar-refractivity contribution in [1.82, 2.24) is 4.72 Å². The molecule has 1 fully saturated rings. The monoisotopic (exact) mass is 353 g/mol. The van der Waals surface area contributed by atoms with Crippen molar-refractivity contribution in [2.75, 3.05) is 13.2 Å². The van der Waals surface area contributed by atoms with E-state index in [2.05, 4.69) is 4.72 Å². The highest BCUT2D eigenvalue weighted by atomic mass is 35.5. The summed E-state index contributed by atoms with van der Waals surface area (Å²) >= 11 is 11.9. The van der Waals surface area contributed by atoms with Gasteiger partial charge in [-0.1, -0.05) is 23.2 Å². The van der Waals surface area contributed by atoms with Gasteiger partial charge in [-0.15, -0.1) is 0 Å². The molecule has 0 amide bonds. The van der Waals surface area contributed by atoms with Crippen LogP contribution in [0.5, 0.6) is 0 Å². The third kappa shape index (κ3) is 4.09. The van der Waals surface area contributed by atoms with Gasteiger partial charge in [-0.25, -0.2) is 13.1 Å². The number of hydrogen-bond donors (Lipinski definition) is 1. The van der Waals surface area contributed by atoms with E-state index >= 15 is 0 Å². The van der Waals surface area contributed by atoms with Crippen LogP contribution in [0.25, 0.3) is 0 Å². The Labute approximate surface area is 134 Å². The molecule has 0 aromatic heterocycles. The van der Waals surface area contributed by atoms with E-state index in [1.54, 1.807) is 20.8 Å². The highest BCUT2D eigenvalue weighted by Gasteiger charge is 2.33. The largest absolute Gasteiger partial charge is 0.348 e. The van der Waals surface area contributed by atoms with Crippen molar-refractivity contribution in [1.29, 1.82) is 0 Å². The Morgan fingerprint density at radius 3 is 2.57 bits per heavy atom. The van der Waals surface area contributed by atoms with E-state index in [0.29, 0.717) is 17.2 Å². The Hall–Kier alpha value is -0.370. The lowest BCUT2D eigenvalue weighted by atomic mass is 10.2. The number of nitrogens with one attached hydrogen (secondary N) is 1. The van der Waals surface area contributed by atoms with Crippen LogP contribution in [-0.4, -0.2) is 33.5 Å². The van der Waals surface area contributed by atoms with Gasteiger partial charge in [-0.2, -0.15) is 0 Å². The van der Waals surface area contributed by atoms with Crippen LogP contribution in [0.1, 0.15) is 19.4 Å². The first kappa shape index (κ1) is 17.0. The molecule has 21 heavy (non-hydrogen) atoms. The third-order valence-corrected chi connectivity index (χ3v) is 5.37. The standard InChI is InChI=1S/C13H17Cl2NO4S/c1-8-4-12(11(15)5-10(8)14)21(17,18)16-6-9-7-19-13(2,3)20-9/h4-5,9,16H,6-7H2,1-3H3. The topological polar surface area (TPSA) is 64.6 Å². The molecule has 5 nitrogen and oxygen atoms in total. The molecule has 118 valence electrons. The fourth-order valence-electron chi connectivity index (χ4n) is 1.98. The van der Waals surface area contributed by atoms with Crippen LogP contribution < -0.4 is 4.72 Å². The average Bonchev–Trinajstić information content (AvgIpc) is 2.71. The van der Waals surface area contributed by atoms with E-state index in [1.165, 1.54) is 12.1 Å². The summed E-state index contributed by atoms with van der Waals surface area (Å²) in [7, 11) is -3.73. The molecule has 0 saturated carbocycles. The van der Waals surface area contributed by atoms with Gasteiger partial charge < -0.3 is 9.47 Å². The van der Waals surface area contributed by atoms with Gasteiger partial charge in [0.25, 0.3) is 0 Å². The second-order valence-electron chi connectivity index (χ2n) is 5.33. The summed E-state index contributed by atoms with van der Waals surface area (Å²) in [5.41, 5.74) is 0.642. The highest BCUT2D eigenvalue weighted by Crippen LogP contribution is 2.28. The highest BCUT2D eigenvalue weighted by molar-refractivity contribution is 7.89. The summed E-state index contributed by atoms with van der Waals surface area (Å²) in [6.45, 7) is 5.72. The van der Waals surface area contributed by atoms with Gasteiger partial charge in [-0.3, -0.25) is 0 Å². The van der Waals surface area contributed by atoms with Crippen LogP contribution in [0.3, 0.4) is 0 Å². The van der Waals surface area contributed by atoms with E-state index < -0.39 is 15.8 Å². The molecule has 0 spiro atoms. The summed E-state index contributed by atoms with van der Waals surface area (Å²) < 4.78 is 38.0. The van der Waals surface area contributed by atoms with Gasteiger partial charge in [0.05, 0.1) is 17.7 Å². The molecule has 0 bridgehead atoms. The molecule has 1 N–H and O–H groups in total. The maximum atomic E-state index is 12.3. The average molecular weight is 354 g/mol. The molecule has 1 saturated heterocycles. The lowest BCUT2D eigenvalue weighted by Crippen LogP contribution is -2.34. The minimum atomic E-state index is -3.73. The number of hydrogen-bond acceptors (Lipinski definition) is 4. The van der Waals surface area contributed by atoms with Gasteiger partial charge in [0.15, 0.2) is 5.79 Å². The smallest absolute Gasteiger partial charge is 0.242 e. The van der Waals surface area contributed by atoms with Crippen molar-refractivity contribution in [2.45, 2.75) is 37.6 Å². The van der Waals surface area contributed by atoms with Crippen LogP contribution in [0.4, 0.5) is 0 Å². The zero-order valence-corrected chi connectivity index (χ0v) is 14.3. The molecule has 1 atom stereocenters. The summed E-state index contributed by atoms with van der Waals surface area (Å²) in [6.07, 6.45) is -0.332. The molecule has 1 aromatic rings. The van der Waals surface area contributed by atoms with Crippen molar-refractivity contribution >= 4 is 33.2 Å². The van der Waals surface area contributed by atoms with Crippen LogP contribution in [-0.2, 0) is 19.5 Å².